The number of nitrogens with zero attached hydrogens (tertiary/aromatic N) is 1. The first-order chi connectivity index (χ1) is 14.6. The van der Waals surface area contributed by atoms with E-state index < -0.39 is 0 Å². The van der Waals surface area contributed by atoms with Gasteiger partial charge in [-0.05, 0) is 42.0 Å². The van der Waals surface area contributed by atoms with Crippen LogP contribution in [0.2, 0.25) is 0 Å². The zero-order chi connectivity index (χ0) is 20.9. The lowest BCUT2D eigenvalue weighted by Crippen LogP contribution is -2.47. The van der Waals surface area contributed by atoms with Gasteiger partial charge < -0.3 is 25.3 Å². The molecule has 3 N–H and O–H groups in total. The largest absolute Gasteiger partial charge is 0.459 e. The number of piperazine rings is 1. The van der Waals surface area contributed by atoms with Gasteiger partial charge in [0, 0.05) is 25.3 Å². The summed E-state index contributed by atoms with van der Waals surface area (Å²) in [7, 11) is 0. The standard InChI is InChI=1S/C21H20N4O4S/c26-18-13-25(10-9-22-18)15-5-3-14(4-6-15)12-23-21(28)17-7-8-19(30-17)24-20(27)16-2-1-11-29-16/h1-8,11H,9-10,12-13H2,(H,22,26)(H,23,28)(H,24,27). The maximum absolute atomic E-state index is 12.4. The number of thiophene rings is 1. The third-order valence-corrected chi connectivity index (χ3v) is 5.60. The van der Waals surface area contributed by atoms with Crippen molar-refractivity contribution in [1.29, 1.82) is 0 Å². The van der Waals surface area contributed by atoms with E-state index in [-0.39, 0.29) is 23.5 Å². The lowest BCUT2D eigenvalue weighted by molar-refractivity contribution is -0.120. The predicted octanol–water partition coefficient (Wildman–Crippen LogP) is 2.46. The first kappa shape index (κ1) is 19.7. The zero-order valence-corrected chi connectivity index (χ0v) is 16.8. The van der Waals surface area contributed by atoms with Crippen LogP contribution < -0.4 is 20.9 Å². The zero-order valence-electron chi connectivity index (χ0n) is 16.0. The molecule has 3 amide bonds. The van der Waals surface area contributed by atoms with E-state index in [1.165, 1.54) is 17.6 Å². The molecule has 1 aliphatic heterocycles. The minimum Gasteiger partial charge on any atom is -0.459 e. The van der Waals surface area contributed by atoms with Crippen LogP contribution in [0.25, 0.3) is 0 Å². The SMILES string of the molecule is O=C1CN(c2ccc(CNC(=O)c3ccc(NC(=O)c4ccco4)s3)cc2)CCN1. The molecule has 1 fully saturated rings. The van der Waals surface area contributed by atoms with Gasteiger partial charge in [0.1, 0.15) is 0 Å². The fraction of sp³-hybridized carbons (Fsp3) is 0.190. The normalized spacial score (nSPS) is 13.6. The third kappa shape index (κ3) is 4.69. The fourth-order valence-corrected chi connectivity index (χ4v) is 3.88. The van der Waals surface area contributed by atoms with Crippen molar-refractivity contribution < 1.29 is 18.8 Å². The number of carbonyl (C=O) groups is 3. The average Bonchev–Trinajstić information content (AvgIpc) is 3.45. The Balaban J connectivity index is 1.30. The van der Waals surface area contributed by atoms with Crippen molar-refractivity contribution in [3.63, 3.8) is 0 Å². The van der Waals surface area contributed by atoms with E-state index in [0.717, 1.165) is 17.8 Å². The number of benzene rings is 1. The van der Waals surface area contributed by atoms with E-state index in [1.54, 1.807) is 24.3 Å². The summed E-state index contributed by atoms with van der Waals surface area (Å²) in [6.07, 6.45) is 1.43. The van der Waals surface area contributed by atoms with E-state index in [0.29, 0.717) is 29.5 Å². The molecule has 1 aromatic carbocycles. The predicted molar refractivity (Wildman–Crippen MR) is 114 cm³/mol. The highest BCUT2D eigenvalue weighted by molar-refractivity contribution is 7.18. The van der Waals surface area contributed by atoms with Gasteiger partial charge in [-0.2, -0.15) is 0 Å². The number of amides is 3. The van der Waals surface area contributed by atoms with Crippen molar-refractivity contribution in [1.82, 2.24) is 10.6 Å². The van der Waals surface area contributed by atoms with Crippen LogP contribution in [-0.2, 0) is 11.3 Å². The van der Waals surface area contributed by atoms with Gasteiger partial charge in [0.05, 0.1) is 22.7 Å². The summed E-state index contributed by atoms with van der Waals surface area (Å²) in [4.78, 5) is 38.5. The van der Waals surface area contributed by atoms with Crippen LogP contribution in [0.1, 0.15) is 25.8 Å². The highest BCUT2D eigenvalue weighted by Crippen LogP contribution is 2.23. The Kier molecular flexibility index (Phi) is 5.80. The molecule has 30 heavy (non-hydrogen) atoms. The van der Waals surface area contributed by atoms with Crippen LogP contribution in [0, 0.1) is 0 Å². The van der Waals surface area contributed by atoms with Gasteiger partial charge in [-0.25, -0.2) is 0 Å². The molecule has 2 aromatic heterocycles. The van der Waals surface area contributed by atoms with Gasteiger partial charge in [0.25, 0.3) is 11.8 Å². The topological polar surface area (TPSA) is 104 Å². The van der Waals surface area contributed by atoms with E-state index >= 15 is 0 Å². The van der Waals surface area contributed by atoms with Crippen LogP contribution in [0.4, 0.5) is 10.7 Å². The van der Waals surface area contributed by atoms with E-state index in [4.69, 9.17) is 4.42 Å². The number of hydrogen-bond donors (Lipinski definition) is 3. The Morgan fingerprint density at radius 1 is 1.10 bits per heavy atom. The summed E-state index contributed by atoms with van der Waals surface area (Å²) in [5.74, 6) is -0.341. The second kappa shape index (κ2) is 8.83. The molecule has 1 saturated heterocycles. The van der Waals surface area contributed by atoms with Gasteiger partial charge in [-0.15, -0.1) is 11.3 Å². The van der Waals surface area contributed by atoms with E-state index in [1.807, 2.05) is 29.2 Å². The Morgan fingerprint density at radius 3 is 2.67 bits per heavy atom. The van der Waals surface area contributed by atoms with Gasteiger partial charge in [-0.1, -0.05) is 12.1 Å². The lowest BCUT2D eigenvalue weighted by atomic mass is 10.2. The van der Waals surface area contributed by atoms with Crippen molar-refractivity contribution in [2.75, 3.05) is 29.9 Å². The van der Waals surface area contributed by atoms with Crippen LogP contribution in [0.15, 0.2) is 59.2 Å². The average molecular weight is 424 g/mol. The van der Waals surface area contributed by atoms with Crippen LogP contribution in [0.3, 0.4) is 0 Å². The van der Waals surface area contributed by atoms with E-state index in [2.05, 4.69) is 16.0 Å². The first-order valence-corrected chi connectivity index (χ1v) is 10.2. The van der Waals surface area contributed by atoms with Gasteiger partial charge in [-0.3, -0.25) is 14.4 Å². The monoisotopic (exact) mass is 424 g/mol. The summed E-state index contributed by atoms with van der Waals surface area (Å²) >= 11 is 1.19. The second-order valence-electron chi connectivity index (χ2n) is 6.72. The minimum atomic E-state index is -0.361. The molecule has 0 saturated carbocycles. The van der Waals surface area contributed by atoms with Crippen LogP contribution in [-0.4, -0.2) is 37.4 Å². The van der Waals surface area contributed by atoms with E-state index in [9.17, 15) is 14.4 Å². The molecule has 0 aliphatic carbocycles. The third-order valence-electron chi connectivity index (χ3n) is 4.60. The Labute approximate surface area is 176 Å². The Hall–Kier alpha value is -3.59. The molecule has 0 unspecified atom stereocenters. The van der Waals surface area contributed by atoms with Crippen molar-refractivity contribution in [3.8, 4) is 0 Å². The smallest absolute Gasteiger partial charge is 0.291 e. The molecule has 0 atom stereocenters. The number of furan rings is 1. The fourth-order valence-electron chi connectivity index (χ4n) is 3.06. The lowest BCUT2D eigenvalue weighted by Gasteiger charge is -2.28. The maximum Gasteiger partial charge on any atom is 0.291 e. The molecular weight excluding hydrogens is 404 g/mol. The number of rotatable bonds is 6. The second-order valence-corrected chi connectivity index (χ2v) is 7.80. The molecule has 0 bridgehead atoms. The minimum absolute atomic E-state index is 0.0215. The first-order valence-electron chi connectivity index (χ1n) is 9.42. The quantitative estimate of drug-likeness (QED) is 0.564. The highest BCUT2D eigenvalue weighted by atomic mass is 32.1. The summed E-state index contributed by atoms with van der Waals surface area (Å²) in [6, 6.07) is 14.3. The highest BCUT2D eigenvalue weighted by Gasteiger charge is 2.16. The van der Waals surface area contributed by atoms with Crippen molar-refractivity contribution in [3.05, 3.63) is 71.0 Å². The molecule has 1 aliphatic rings. The molecule has 0 radical (unpaired) electrons. The number of carbonyl (C=O) groups excluding carboxylic acids is 3. The summed E-state index contributed by atoms with van der Waals surface area (Å²) < 4.78 is 5.05. The summed E-state index contributed by atoms with van der Waals surface area (Å²) in [6.45, 7) is 2.15. The number of hydrogen-bond acceptors (Lipinski definition) is 6. The summed E-state index contributed by atoms with van der Waals surface area (Å²) in [5, 5.41) is 8.96. The molecule has 8 nitrogen and oxygen atoms in total. The van der Waals surface area contributed by atoms with Gasteiger partial charge in [0.15, 0.2) is 5.76 Å². The van der Waals surface area contributed by atoms with Gasteiger partial charge in [0.2, 0.25) is 5.91 Å². The van der Waals surface area contributed by atoms with Gasteiger partial charge >= 0.3 is 0 Å². The molecule has 3 heterocycles. The molecule has 4 rings (SSSR count). The van der Waals surface area contributed by atoms with Crippen molar-refractivity contribution in [2.24, 2.45) is 0 Å². The maximum atomic E-state index is 12.4. The van der Waals surface area contributed by atoms with Crippen LogP contribution >= 0.6 is 11.3 Å². The molecular formula is C21H20N4O4S. The molecule has 0 spiro atoms. The van der Waals surface area contributed by atoms with Crippen LogP contribution in [0.5, 0.6) is 0 Å². The molecule has 3 aromatic rings. The molecule has 9 heteroatoms. The Bertz CT molecular complexity index is 1040. The van der Waals surface area contributed by atoms with Crippen molar-refractivity contribution >= 4 is 39.7 Å². The van der Waals surface area contributed by atoms with Crippen molar-refractivity contribution in [2.45, 2.75) is 6.54 Å². The number of nitrogens with one attached hydrogen (secondary N) is 3. The molecule has 154 valence electrons. The number of anilines is 2. The Morgan fingerprint density at radius 2 is 1.93 bits per heavy atom. The summed E-state index contributed by atoms with van der Waals surface area (Å²) in [5.41, 5.74) is 1.94.